The minimum Gasteiger partial charge on any atom is -0.327 e. The Hall–Kier alpha value is 1.03. The number of aromatic nitrogens is 1. The van der Waals surface area contributed by atoms with Crippen molar-refractivity contribution in [2.24, 2.45) is 5.73 Å². The number of aryl methyl sites for hydroxylation is 1. The van der Waals surface area contributed by atoms with Crippen LogP contribution in [0, 0.1) is 0 Å². The minimum atomic E-state index is 0. The molecule has 1 unspecified atom stereocenters. The lowest BCUT2D eigenvalue weighted by atomic mass is 9.99. The van der Waals surface area contributed by atoms with E-state index in [1.807, 2.05) is 0 Å². The van der Waals surface area contributed by atoms with Crippen molar-refractivity contribution in [3.8, 4) is 0 Å². The highest BCUT2D eigenvalue weighted by Gasteiger charge is 2.18. The molecule has 0 fully saturated rings. The highest BCUT2D eigenvalue weighted by Crippen LogP contribution is 2.28. The van der Waals surface area contributed by atoms with Crippen LogP contribution in [0.1, 0.15) is 17.0 Å². The van der Waals surface area contributed by atoms with Gasteiger partial charge in [0.2, 0.25) is 0 Å². The molecular weight excluding hydrogens is 384 g/mol. The number of rotatable bonds is 0. The lowest BCUT2D eigenvalue weighted by Crippen LogP contribution is -2.26. The SMILES string of the molecule is Br.Br.NC1CCc2nc(Br)sc2C1. The van der Waals surface area contributed by atoms with Crippen LogP contribution in [0.25, 0.3) is 0 Å². The minimum absolute atomic E-state index is 0. The number of hydrogen-bond donors (Lipinski definition) is 1. The zero-order valence-electron chi connectivity index (χ0n) is 6.83. The van der Waals surface area contributed by atoms with Crippen LogP contribution >= 0.6 is 61.2 Å². The average molecular weight is 395 g/mol. The van der Waals surface area contributed by atoms with E-state index in [-0.39, 0.29) is 34.0 Å². The summed E-state index contributed by atoms with van der Waals surface area (Å²) in [4.78, 5) is 5.74. The van der Waals surface area contributed by atoms with Crippen molar-refractivity contribution in [3.63, 3.8) is 0 Å². The van der Waals surface area contributed by atoms with Gasteiger partial charge in [0.25, 0.3) is 0 Å². The summed E-state index contributed by atoms with van der Waals surface area (Å²) in [6.07, 6.45) is 3.15. The van der Waals surface area contributed by atoms with Gasteiger partial charge in [0, 0.05) is 10.9 Å². The molecule has 1 aromatic rings. The molecule has 2 nitrogen and oxygen atoms in total. The first-order chi connectivity index (χ1) is 5.25. The smallest absolute Gasteiger partial charge is 0.159 e. The molecule has 1 aromatic heterocycles. The molecular formula is C7H11Br3N2S. The van der Waals surface area contributed by atoms with Crippen molar-refractivity contribution in [3.05, 3.63) is 14.5 Å². The van der Waals surface area contributed by atoms with Gasteiger partial charge in [-0.15, -0.1) is 45.3 Å². The molecule has 76 valence electrons. The number of halogens is 3. The summed E-state index contributed by atoms with van der Waals surface area (Å²) in [7, 11) is 0. The van der Waals surface area contributed by atoms with Crippen LogP contribution in [-0.4, -0.2) is 11.0 Å². The zero-order chi connectivity index (χ0) is 7.84. The van der Waals surface area contributed by atoms with Crippen molar-refractivity contribution in [1.29, 1.82) is 0 Å². The summed E-state index contributed by atoms with van der Waals surface area (Å²) in [5.74, 6) is 0. The maximum atomic E-state index is 5.82. The van der Waals surface area contributed by atoms with Crippen LogP contribution in [0.3, 0.4) is 0 Å². The second-order valence-corrected chi connectivity index (χ2v) is 5.20. The van der Waals surface area contributed by atoms with E-state index in [9.17, 15) is 0 Å². The summed E-state index contributed by atoms with van der Waals surface area (Å²) in [5.41, 5.74) is 7.08. The number of thiazole rings is 1. The van der Waals surface area contributed by atoms with Gasteiger partial charge < -0.3 is 5.73 Å². The number of nitrogens with two attached hydrogens (primary N) is 1. The topological polar surface area (TPSA) is 38.9 Å². The third-order valence-electron chi connectivity index (χ3n) is 1.95. The maximum Gasteiger partial charge on any atom is 0.159 e. The number of hydrogen-bond acceptors (Lipinski definition) is 3. The van der Waals surface area contributed by atoms with Gasteiger partial charge in [0.15, 0.2) is 3.92 Å². The van der Waals surface area contributed by atoms with Gasteiger partial charge in [-0.05, 0) is 35.2 Å². The Kier molecular flexibility index (Phi) is 6.26. The molecule has 6 heteroatoms. The van der Waals surface area contributed by atoms with Crippen molar-refractivity contribution in [1.82, 2.24) is 4.98 Å². The molecule has 0 amide bonds. The summed E-state index contributed by atoms with van der Waals surface area (Å²) in [6, 6.07) is 0.356. The highest BCUT2D eigenvalue weighted by molar-refractivity contribution is 9.11. The molecule has 0 radical (unpaired) electrons. The third kappa shape index (κ3) is 3.27. The molecule has 2 rings (SSSR count). The lowest BCUT2D eigenvalue weighted by molar-refractivity contribution is 0.576. The third-order valence-corrected chi connectivity index (χ3v) is 3.52. The molecule has 0 saturated heterocycles. The molecule has 1 heterocycles. The molecule has 0 bridgehead atoms. The van der Waals surface area contributed by atoms with Gasteiger partial charge in [-0.1, -0.05) is 0 Å². The van der Waals surface area contributed by atoms with Gasteiger partial charge in [-0.25, -0.2) is 4.98 Å². The predicted molar refractivity (Wildman–Crippen MR) is 70.5 cm³/mol. The second-order valence-electron chi connectivity index (χ2n) is 2.84. The zero-order valence-corrected chi connectivity index (χ0v) is 12.7. The quantitative estimate of drug-likeness (QED) is 0.734. The molecule has 0 saturated carbocycles. The Labute approximate surface area is 111 Å². The second kappa shape index (κ2) is 5.80. The average Bonchev–Trinajstić information content (AvgIpc) is 2.27. The Morgan fingerprint density at radius 1 is 1.46 bits per heavy atom. The van der Waals surface area contributed by atoms with Crippen LogP contribution in [-0.2, 0) is 12.8 Å². The van der Waals surface area contributed by atoms with E-state index >= 15 is 0 Å². The first-order valence-electron chi connectivity index (χ1n) is 3.65. The van der Waals surface area contributed by atoms with Gasteiger partial charge in [-0.3, -0.25) is 0 Å². The van der Waals surface area contributed by atoms with E-state index in [4.69, 9.17) is 5.73 Å². The summed E-state index contributed by atoms with van der Waals surface area (Å²) in [6.45, 7) is 0. The van der Waals surface area contributed by atoms with Gasteiger partial charge in [0.1, 0.15) is 0 Å². The fraction of sp³-hybridized carbons (Fsp3) is 0.571. The molecule has 13 heavy (non-hydrogen) atoms. The summed E-state index contributed by atoms with van der Waals surface area (Å²) < 4.78 is 0.997. The monoisotopic (exact) mass is 392 g/mol. The number of nitrogens with zero attached hydrogens (tertiary/aromatic N) is 1. The fourth-order valence-electron chi connectivity index (χ4n) is 1.37. The molecule has 0 aromatic carbocycles. The molecule has 1 aliphatic rings. The van der Waals surface area contributed by atoms with E-state index in [1.165, 1.54) is 10.6 Å². The first kappa shape index (κ1) is 14.0. The van der Waals surface area contributed by atoms with Crippen molar-refractivity contribution < 1.29 is 0 Å². The van der Waals surface area contributed by atoms with Crippen molar-refractivity contribution >= 4 is 61.2 Å². The molecule has 1 atom stereocenters. The standard InChI is InChI=1S/C7H9BrN2S.2BrH/c8-7-10-5-2-1-4(9)3-6(5)11-7;;/h4H,1-3,9H2;2*1H. The molecule has 1 aliphatic carbocycles. The molecule has 0 spiro atoms. The largest absolute Gasteiger partial charge is 0.327 e. The van der Waals surface area contributed by atoms with E-state index < -0.39 is 0 Å². The van der Waals surface area contributed by atoms with Gasteiger partial charge in [0.05, 0.1) is 5.69 Å². The maximum absolute atomic E-state index is 5.82. The van der Waals surface area contributed by atoms with E-state index in [2.05, 4.69) is 20.9 Å². The Bertz CT molecular complexity index is 277. The molecule has 0 aliphatic heterocycles. The van der Waals surface area contributed by atoms with E-state index in [1.54, 1.807) is 11.3 Å². The number of fused-ring (bicyclic) bond motifs is 1. The van der Waals surface area contributed by atoms with Crippen LogP contribution < -0.4 is 5.73 Å². The molecule has 2 N–H and O–H groups in total. The van der Waals surface area contributed by atoms with E-state index in [0.717, 1.165) is 23.2 Å². The normalized spacial score (nSPS) is 19.7. The Morgan fingerprint density at radius 2 is 2.15 bits per heavy atom. The first-order valence-corrected chi connectivity index (χ1v) is 5.26. The van der Waals surface area contributed by atoms with Crippen LogP contribution in [0.5, 0.6) is 0 Å². The van der Waals surface area contributed by atoms with E-state index in [0.29, 0.717) is 6.04 Å². The van der Waals surface area contributed by atoms with Crippen molar-refractivity contribution in [2.75, 3.05) is 0 Å². The van der Waals surface area contributed by atoms with Gasteiger partial charge >= 0.3 is 0 Å². The fourth-order valence-corrected chi connectivity index (χ4v) is 3.09. The highest BCUT2D eigenvalue weighted by atomic mass is 79.9. The van der Waals surface area contributed by atoms with Crippen molar-refractivity contribution in [2.45, 2.75) is 25.3 Å². The van der Waals surface area contributed by atoms with Crippen LogP contribution in [0.4, 0.5) is 0 Å². The Balaban J connectivity index is 0.000000720. The Morgan fingerprint density at radius 3 is 2.85 bits per heavy atom. The summed E-state index contributed by atoms with van der Waals surface area (Å²) >= 11 is 5.10. The lowest BCUT2D eigenvalue weighted by Gasteiger charge is -2.15. The van der Waals surface area contributed by atoms with Crippen LogP contribution in [0.2, 0.25) is 0 Å². The van der Waals surface area contributed by atoms with Crippen LogP contribution in [0.15, 0.2) is 3.92 Å². The van der Waals surface area contributed by atoms with Gasteiger partial charge in [-0.2, -0.15) is 0 Å². The predicted octanol–water partition coefficient (Wildman–Crippen LogP) is 2.88. The summed E-state index contributed by atoms with van der Waals surface area (Å²) in [5, 5.41) is 0.